The molecule has 4 rings (SSSR count). The number of benzene rings is 1. The molecule has 2 aromatic heterocycles. The van der Waals surface area contributed by atoms with Crippen LogP contribution in [-0.4, -0.2) is 15.3 Å². The number of thiophene rings is 1. The van der Waals surface area contributed by atoms with Crippen molar-refractivity contribution in [1.29, 1.82) is 0 Å². The molecule has 1 aliphatic rings. The van der Waals surface area contributed by atoms with Crippen molar-refractivity contribution in [2.24, 2.45) is 0 Å². The van der Waals surface area contributed by atoms with Crippen molar-refractivity contribution < 1.29 is 0 Å². The second kappa shape index (κ2) is 5.47. The van der Waals surface area contributed by atoms with Gasteiger partial charge in [0.25, 0.3) is 0 Å². The van der Waals surface area contributed by atoms with Crippen LogP contribution in [0.4, 0.5) is 11.5 Å². The summed E-state index contributed by atoms with van der Waals surface area (Å²) in [6, 6.07) is 12.7. The quantitative estimate of drug-likeness (QED) is 0.679. The zero-order chi connectivity index (χ0) is 16.0. The first-order chi connectivity index (χ1) is 11.1. The maximum absolute atomic E-state index is 5.64. The minimum Gasteiger partial charge on any atom is -0.315 e. The van der Waals surface area contributed by atoms with E-state index in [-0.39, 0.29) is 6.04 Å². The molecule has 0 saturated carbocycles. The highest BCUT2D eigenvalue weighted by Crippen LogP contribution is 2.42. The number of nitrogens with one attached hydrogen (secondary N) is 2. The molecule has 3 aromatic rings. The fourth-order valence-electron chi connectivity index (χ4n) is 2.96. The summed E-state index contributed by atoms with van der Waals surface area (Å²) in [7, 11) is 0. The third kappa shape index (κ3) is 2.34. The SMILES string of the molecule is Cc1ccc(N2C(=S)Nc3n[nH]c(C)c3C2c2cccs2)cc1. The third-order valence-corrected chi connectivity index (χ3v) is 5.32. The van der Waals surface area contributed by atoms with Crippen molar-refractivity contribution in [2.75, 3.05) is 10.2 Å². The van der Waals surface area contributed by atoms with Gasteiger partial charge in [0.15, 0.2) is 10.9 Å². The maximum Gasteiger partial charge on any atom is 0.180 e. The normalized spacial score (nSPS) is 17.0. The summed E-state index contributed by atoms with van der Waals surface area (Å²) in [6.07, 6.45) is 0. The second-order valence-corrected chi connectivity index (χ2v) is 7.03. The van der Waals surface area contributed by atoms with Crippen LogP contribution in [0.15, 0.2) is 41.8 Å². The minimum absolute atomic E-state index is 0.0419. The molecule has 0 bridgehead atoms. The van der Waals surface area contributed by atoms with Gasteiger partial charge in [0.2, 0.25) is 0 Å². The smallest absolute Gasteiger partial charge is 0.180 e. The number of anilines is 2. The first-order valence-electron chi connectivity index (χ1n) is 7.40. The monoisotopic (exact) mass is 340 g/mol. The van der Waals surface area contributed by atoms with Gasteiger partial charge in [-0.3, -0.25) is 5.10 Å². The van der Waals surface area contributed by atoms with Gasteiger partial charge in [-0.15, -0.1) is 11.3 Å². The molecular weight excluding hydrogens is 324 g/mol. The van der Waals surface area contributed by atoms with Crippen LogP contribution in [0, 0.1) is 13.8 Å². The maximum atomic E-state index is 5.64. The topological polar surface area (TPSA) is 44.0 Å². The van der Waals surface area contributed by atoms with Crippen LogP contribution in [0.5, 0.6) is 0 Å². The predicted octanol–water partition coefficient (Wildman–Crippen LogP) is 4.39. The van der Waals surface area contributed by atoms with Crippen LogP contribution in [0.25, 0.3) is 0 Å². The molecule has 1 aromatic carbocycles. The standard InChI is InChI=1S/C17H16N4S2/c1-10-5-7-12(8-6-10)21-15(13-4-3-9-23-13)14-11(2)19-20-16(14)18-17(21)22/h3-9,15H,1-2H3,(H2,18,19,20,22). The number of fused-ring (bicyclic) bond motifs is 1. The molecule has 0 saturated heterocycles. The Kier molecular flexibility index (Phi) is 3.43. The van der Waals surface area contributed by atoms with Gasteiger partial charge >= 0.3 is 0 Å². The Morgan fingerprint density at radius 1 is 1.17 bits per heavy atom. The Labute approximate surface area is 144 Å². The van der Waals surface area contributed by atoms with Crippen LogP contribution in [0.3, 0.4) is 0 Å². The Balaban J connectivity index is 1.91. The largest absolute Gasteiger partial charge is 0.315 e. The number of hydrogen-bond donors (Lipinski definition) is 2. The van der Waals surface area contributed by atoms with Crippen molar-refractivity contribution in [2.45, 2.75) is 19.9 Å². The summed E-state index contributed by atoms with van der Waals surface area (Å²) in [5.74, 6) is 0.828. The molecule has 1 unspecified atom stereocenters. The molecule has 6 heteroatoms. The summed E-state index contributed by atoms with van der Waals surface area (Å²) in [4.78, 5) is 3.42. The lowest BCUT2D eigenvalue weighted by atomic mass is 10.0. The lowest BCUT2D eigenvalue weighted by Gasteiger charge is -2.37. The Bertz CT molecular complexity index is 849. The van der Waals surface area contributed by atoms with Crippen molar-refractivity contribution in [3.05, 3.63) is 63.5 Å². The van der Waals surface area contributed by atoms with E-state index in [1.54, 1.807) is 11.3 Å². The average Bonchev–Trinajstić information content (AvgIpc) is 3.18. The van der Waals surface area contributed by atoms with Crippen LogP contribution in [-0.2, 0) is 0 Å². The van der Waals surface area contributed by atoms with Gasteiger partial charge in [-0.25, -0.2) is 0 Å². The Morgan fingerprint density at radius 2 is 1.96 bits per heavy atom. The number of nitrogens with zero attached hydrogens (tertiary/aromatic N) is 2. The van der Waals surface area contributed by atoms with Crippen LogP contribution >= 0.6 is 23.6 Å². The van der Waals surface area contributed by atoms with E-state index >= 15 is 0 Å². The van der Waals surface area contributed by atoms with E-state index in [1.807, 2.05) is 0 Å². The zero-order valence-corrected chi connectivity index (χ0v) is 14.5. The van der Waals surface area contributed by atoms with Crippen molar-refractivity contribution in [3.63, 3.8) is 0 Å². The summed E-state index contributed by atoms with van der Waals surface area (Å²) < 4.78 is 0. The molecule has 0 spiro atoms. The Morgan fingerprint density at radius 3 is 2.65 bits per heavy atom. The van der Waals surface area contributed by atoms with E-state index in [4.69, 9.17) is 12.2 Å². The number of thiocarbonyl (C=S) groups is 1. The highest BCUT2D eigenvalue weighted by Gasteiger charge is 2.36. The fourth-order valence-corrected chi connectivity index (χ4v) is 4.09. The highest BCUT2D eigenvalue weighted by molar-refractivity contribution is 7.80. The third-order valence-electron chi connectivity index (χ3n) is 4.10. The zero-order valence-electron chi connectivity index (χ0n) is 12.8. The molecule has 3 heterocycles. The van der Waals surface area contributed by atoms with Crippen LogP contribution < -0.4 is 10.2 Å². The number of H-pyrrole nitrogens is 1. The van der Waals surface area contributed by atoms with E-state index in [0.29, 0.717) is 5.11 Å². The van der Waals surface area contributed by atoms with Gasteiger partial charge in [-0.05, 0) is 49.6 Å². The average molecular weight is 340 g/mol. The van der Waals surface area contributed by atoms with Gasteiger partial charge < -0.3 is 10.2 Å². The molecule has 0 radical (unpaired) electrons. The second-order valence-electron chi connectivity index (χ2n) is 5.66. The number of hydrogen-bond acceptors (Lipinski definition) is 3. The minimum atomic E-state index is 0.0419. The van der Waals surface area contributed by atoms with Crippen LogP contribution in [0.1, 0.15) is 27.7 Å². The van der Waals surface area contributed by atoms with E-state index in [9.17, 15) is 0 Å². The van der Waals surface area contributed by atoms with Crippen molar-refractivity contribution >= 4 is 40.2 Å². The van der Waals surface area contributed by atoms with E-state index in [0.717, 1.165) is 22.8 Å². The first-order valence-corrected chi connectivity index (χ1v) is 8.69. The van der Waals surface area contributed by atoms with Crippen LogP contribution in [0.2, 0.25) is 0 Å². The Hall–Kier alpha value is -2.18. The summed E-state index contributed by atoms with van der Waals surface area (Å²) in [5, 5.41) is 13.5. The number of rotatable bonds is 2. The number of aromatic amines is 1. The number of aryl methyl sites for hydroxylation is 2. The van der Waals surface area contributed by atoms with Gasteiger partial charge in [-0.2, -0.15) is 5.10 Å². The van der Waals surface area contributed by atoms with Gasteiger partial charge in [0.05, 0.1) is 0 Å². The molecule has 23 heavy (non-hydrogen) atoms. The molecule has 1 aliphatic heterocycles. The summed E-state index contributed by atoms with van der Waals surface area (Å²) in [6.45, 7) is 4.14. The summed E-state index contributed by atoms with van der Waals surface area (Å²) >= 11 is 7.38. The highest BCUT2D eigenvalue weighted by atomic mass is 32.1. The van der Waals surface area contributed by atoms with Gasteiger partial charge in [0, 0.05) is 21.8 Å². The molecule has 0 aliphatic carbocycles. The molecule has 116 valence electrons. The molecule has 4 nitrogen and oxygen atoms in total. The summed E-state index contributed by atoms with van der Waals surface area (Å²) in [5.41, 5.74) is 4.53. The lowest BCUT2D eigenvalue weighted by molar-refractivity contribution is 0.844. The fraction of sp³-hybridized carbons (Fsp3) is 0.176. The molecule has 0 amide bonds. The van der Waals surface area contributed by atoms with Gasteiger partial charge in [-0.1, -0.05) is 23.8 Å². The molecule has 0 fully saturated rings. The van der Waals surface area contributed by atoms with E-state index < -0.39 is 0 Å². The number of aromatic nitrogens is 2. The van der Waals surface area contributed by atoms with Crippen molar-refractivity contribution in [3.8, 4) is 0 Å². The molecule has 1 atom stereocenters. The van der Waals surface area contributed by atoms with Gasteiger partial charge in [0.1, 0.15) is 6.04 Å². The van der Waals surface area contributed by atoms with Crippen molar-refractivity contribution in [1.82, 2.24) is 10.2 Å². The van der Waals surface area contributed by atoms with E-state index in [2.05, 4.69) is 76.0 Å². The lowest BCUT2D eigenvalue weighted by Crippen LogP contribution is -2.42. The predicted molar refractivity (Wildman–Crippen MR) is 99.4 cm³/mol. The molecule has 2 N–H and O–H groups in total. The molecular formula is C17H16N4S2. The first kappa shape index (κ1) is 14.4. The van der Waals surface area contributed by atoms with E-state index in [1.165, 1.54) is 10.4 Å².